The summed E-state index contributed by atoms with van der Waals surface area (Å²) in [6, 6.07) is 10.2. The lowest BCUT2D eigenvalue weighted by Crippen LogP contribution is -2.49. The Morgan fingerprint density at radius 1 is 1.16 bits per heavy atom. The van der Waals surface area contributed by atoms with Crippen LogP contribution in [0.3, 0.4) is 0 Å². The van der Waals surface area contributed by atoms with Gasteiger partial charge in [0.1, 0.15) is 11.8 Å². The average Bonchev–Trinajstić information content (AvgIpc) is 2.73. The molecule has 2 amide bonds. The third-order valence-corrected chi connectivity index (χ3v) is 6.17. The van der Waals surface area contributed by atoms with E-state index < -0.39 is 6.04 Å². The Morgan fingerprint density at radius 3 is 2.42 bits per heavy atom. The Kier molecular flexibility index (Phi) is 9.66. The van der Waals surface area contributed by atoms with E-state index in [4.69, 9.17) is 27.9 Å². The molecule has 0 heterocycles. The van der Waals surface area contributed by atoms with Gasteiger partial charge in [0.05, 0.1) is 4.47 Å². The average molecular weight is 530 g/mol. The van der Waals surface area contributed by atoms with Crippen molar-refractivity contribution < 1.29 is 14.3 Å². The number of ether oxygens (including phenoxy) is 1. The molecule has 0 unspecified atom stereocenters. The fourth-order valence-electron chi connectivity index (χ4n) is 3.14. The summed E-state index contributed by atoms with van der Waals surface area (Å²) >= 11 is 15.8. The lowest BCUT2D eigenvalue weighted by molar-refractivity contribution is -0.142. The summed E-state index contributed by atoms with van der Waals surface area (Å²) in [6.45, 7) is 6.02. The second kappa shape index (κ2) is 11.7. The smallest absolute Gasteiger partial charge is 0.261 e. The van der Waals surface area contributed by atoms with Crippen LogP contribution in [0.2, 0.25) is 10.0 Å². The van der Waals surface area contributed by atoms with Crippen molar-refractivity contribution in [3.63, 3.8) is 0 Å². The van der Waals surface area contributed by atoms with Gasteiger partial charge in [-0.25, -0.2) is 0 Å². The van der Waals surface area contributed by atoms with Crippen LogP contribution in [0, 0.1) is 0 Å². The number of nitrogens with zero attached hydrogens (tertiary/aromatic N) is 1. The molecule has 168 valence electrons. The number of likely N-dealkylation sites (N-methyl/N-ethyl adjacent to an activating group) is 1. The van der Waals surface area contributed by atoms with Crippen LogP contribution < -0.4 is 10.1 Å². The molecule has 2 aromatic carbocycles. The van der Waals surface area contributed by atoms with Crippen LogP contribution in [0.25, 0.3) is 0 Å². The number of rotatable bonds is 9. The lowest BCUT2D eigenvalue weighted by Gasteiger charge is -2.30. The zero-order valence-corrected chi connectivity index (χ0v) is 21.1. The highest BCUT2D eigenvalue weighted by Gasteiger charge is 2.29. The minimum absolute atomic E-state index is 0.164. The molecule has 31 heavy (non-hydrogen) atoms. The second-order valence-electron chi connectivity index (χ2n) is 7.43. The number of carbonyl (C=O) groups is 2. The van der Waals surface area contributed by atoms with Gasteiger partial charge in [-0.2, -0.15) is 0 Å². The van der Waals surface area contributed by atoms with Crippen molar-refractivity contribution in [2.45, 2.75) is 45.7 Å². The fourth-order valence-corrected chi connectivity index (χ4v) is 4.11. The van der Waals surface area contributed by atoms with Crippen molar-refractivity contribution in [2.24, 2.45) is 0 Å². The van der Waals surface area contributed by atoms with E-state index in [1.165, 1.54) is 4.90 Å². The van der Waals surface area contributed by atoms with Gasteiger partial charge in [0.25, 0.3) is 5.91 Å². The number of hydrogen-bond donors (Lipinski definition) is 1. The van der Waals surface area contributed by atoms with E-state index >= 15 is 0 Å². The van der Waals surface area contributed by atoms with Crippen molar-refractivity contribution in [3.8, 4) is 5.75 Å². The van der Waals surface area contributed by atoms with Crippen molar-refractivity contribution in [1.29, 1.82) is 0 Å². The van der Waals surface area contributed by atoms with Gasteiger partial charge in [-0.3, -0.25) is 9.59 Å². The molecule has 0 fully saturated rings. The summed E-state index contributed by atoms with van der Waals surface area (Å²) in [5.74, 6) is 0.379. The highest BCUT2D eigenvalue weighted by Crippen LogP contribution is 2.29. The van der Waals surface area contributed by atoms with Gasteiger partial charge in [0, 0.05) is 23.6 Å². The largest absolute Gasteiger partial charge is 0.483 e. The first-order valence-corrected chi connectivity index (χ1v) is 11.6. The predicted octanol–water partition coefficient (Wildman–Crippen LogP) is 5.81. The molecular formula is C23H27BrCl2N2O3. The van der Waals surface area contributed by atoms with Gasteiger partial charge in [-0.05, 0) is 63.7 Å². The van der Waals surface area contributed by atoms with E-state index in [2.05, 4.69) is 35.1 Å². The molecule has 0 radical (unpaired) electrons. The first kappa shape index (κ1) is 25.5. The Bertz CT molecular complexity index is 937. The third-order valence-electron chi connectivity index (χ3n) is 4.96. The maximum Gasteiger partial charge on any atom is 0.261 e. The maximum absolute atomic E-state index is 13.1. The predicted molar refractivity (Wildman–Crippen MR) is 129 cm³/mol. The molecule has 0 spiro atoms. The van der Waals surface area contributed by atoms with Crippen LogP contribution in [0.4, 0.5) is 0 Å². The molecule has 0 saturated carbocycles. The quantitative estimate of drug-likeness (QED) is 0.445. The molecule has 8 heteroatoms. The summed E-state index contributed by atoms with van der Waals surface area (Å²) in [6.07, 6.45) is 0.448. The summed E-state index contributed by atoms with van der Waals surface area (Å²) in [5.41, 5.74) is 1.86. The van der Waals surface area contributed by atoms with Gasteiger partial charge in [0.15, 0.2) is 6.61 Å². The highest BCUT2D eigenvalue weighted by atomic mass is 79.9. The minimum atomic E-state index is -0.653. The molecule has 5 nitrogen and oxygen atoms in total. The van der Waals surface area contributed by atoms with E-state index in [-0.39, 0.29) is 25.0 Å². The van der Waals surface area contributed by atoms with Crippen LogP contribution in [0.15, 0.2) is 40.9 Å². The van der Waals surface area contributed by atoms with E-state index in [9.17, 15) is 9.59 Å². The lowest BCUT2D eigenvalue weighted by atomic mass is 10.0. The molecule has 0 aliphatic heterocycles. The molecule has 0 aliphatic carbocycles. The monoisotopic (exact) mass is 528 g/mol. The Labute approximate surface area is 202 Å². The highest BCUT2D eigenvalue weighted by molar-refractivity contribution is 9.10. The van der Waals surface area contributed by atoms with E-state index in [1.54, 1.807) is 25.2 Å². The number of benzene rings is 2. The van der Waals surface area contributed by atoms with Crippen LogP contribution >= 0.6 is 39.1 Å². The SMILES string of the molecule is CC[C@H](C(=O)NC)N(Cc1ccc(Cl)cc1Cl)C(=O)COc1ccc(C(C)C)cc1Br. The standard InChI is InChI=1S/C23H27BrCl2N2O3/c1-5-20(23(30)27-4)28(12-16-6-8-17(25)11-19(16)26)22(29)13-31-21-9-7-15(14(2)3)10-18(21)24/h6-11,14,20H,5,12-13H2,1-4H3,(H,27,30)/t20-/m1/s1. The number of carbonyl (C=O) groups excluding carboxylic acids is 2. The normalized spacial score (nSPS) is 11.9. The molecule has 0 bridgehead atoms. The number of amides is 2. The third kappa shape index (κ3) is 6.86. The molecule has 2 rings (SSSR count). The molecule has 0 saturated heterocycles. The van der Waals surface area contributed by atoms with Crippen molar-refractivity contribution in [3.05, 3.63) is 62.0 Å². The zero-order valence-electron chi connectivity index (χ0n) is 18.0. The Balaban J connectivity index is 2.24. The van der Waals surface area contributed by atoms with E-state index in [1.807, 2.05) is 25.1 Å². The molecule has 1 N–H and O–H groups in total. The number of hydrogen-bond acceptors (Lipinski definition) is 3. The van der Waals surface area contributed by atoms with Crippen molar-refractivity contribution in [1.82, 2.24) is 10.2 Å². The fraction of sp³-hybridized carbons (Fsp3) is 0.391. The van der Waals surface area contributed by atoms with Crippen LogP contribution in [-0.4, -0.2) is 36.4 Å². The molecule has 0 aliphatic rings. The van der Waals surface area contributed by atoms with Gasteiger partial charge in [-0.1, -0.05) is 56.1 Å². The van der Waals surface area contributed by atoms with E-state index in [0.717, 1.165) is 10.0 Å². The Hall–Kier alpha value is -1.76. The molecule has 1 atom stereocenters. The Morgan fingerprint density at radius 2 is 1.87 bits per heavy atom. The number of nitrogens with one attached hydrogen (secondary N) is 1. The maximum atomic E-state index is 13.1. The number of halogens is 3. The summed E-state index contributed by atoms with van der Waals surface area (Å²) in [5, 5.41) is 3.56. The second-order valence-corrected chi connectivity index (χ2v) is 9.13. The molecule has 2 aromatic rings. The summed E-state index contributed by atoms with van der Waals surface area (Å²) in [4.78, 5) is 27.1. The van der Waals surface area contributed by atoms with Gasteiger partial charge < -0.3 is 15.0 Å². The van der Waals surface area contributed by atoms with Crippen LogP contribution in [0.5, 0.6) is 5.75 Å². The zero-order chi connectivity index (χ0) is 23.1. The minimum Gasteiger partial charge on any atom is -0.483 e. The van der Waals surface area contributed by atoms with Crippen molar-refractivity contribution >= 4 is 50.9 Å². The topological polar surface area (TPSA) is 58.6 Å². The van der Waals surface area contributed by atoms with Crippen molar-refractivity contribution in [2.75, 3.05) is 13.7 Å². The molecule has 0 aromatic heterocycles. The van der Waals surface area contributed by atoms with Gasteiger partial charge in [0.2, 0.25) is 5.91 Å². The summed E-state index contributed by atoms with van der Waals surface area (Å²) in [7, 11) is 1.55. The molecular weight excluding hydrogens is 503 g/mol. The van der Waals surface area contributed by atoms with Crippen LogP contribution in [0.1, 0.15) is 44.2 Å². The summed E-state index contributed by atoms with van der Waals surface area (Å²) < 4.78 is 6.56. The first-order valence-electron chi connectivity index (χ1n) is 10.0. The van der Waals surface area contributed by atoms with Gasteiger partial charge in [-0.15, -0.1) is 0 Å². The van der Waals surface area contributed by atoms with Crippen LogP contribution in [-0.2, 0) is 16.1 Å². The van der Waals surface area contributed by atoms with Gasteiger partial charge >= 0.3 is 0 Å². The first-order chi connectivity index (χ1) is 14.7. The van der Waals surface area contributed by atoms with E-state index in [0.29, 0.717) is 33.7 Å².